The number of unbranched alkanes of at least 4 members (excludes halogenated alkanes) is 1. The summed E-state index contributed by atoms with van der Waals surface area (Å²) in [5, 5.41) is 10.6. The van der Waals surface area contributed by atoms with E-state index in [1.54, 1.807) is 30.3 Å². The van der Waals surface area contributed by atoms with Crippen LogP contribution in [0.15, 0.2) is 30.3 Å². The van der Waals surface area contributed by atoms with E-state index in [1.807, 2.05) is 6.92 Å². The third-order valence-electron chi connectivity index (χ3n) is 4.97. The Morgan fingerprint density at radius 2 is 1.76 bits per heavy atom. The number of aliphatic hydroxyl groups excluding tert-OH is 1. The van der Waals surface area contributed by atoms with Gasteiger partial charge in [0.05, 0.1) is 19.1 Å². The molecule has 33 heavy (non-hydrogen) atoms. The Bertz CT molecular complexity index is 753. The number of Topliss-reactive ketones (excluding diaryl/α,β-unsaturated/α-hetero) is 1. The van der Waals surface area contributed by atoms with E-state index >= 15 is 0 Å². The van der Waals surface area contributed by atoms with Crippen molar-refractivity contribution < 1.29 is 48.2 Å². The van der Waals surface area contributed by atoms with E-state index in [1.165, 1.54) is 14.0 Å². The fourth-order valence-corrected chi connectivity index (χ4v) is 3.24. The van der Waals surface area contributed by atoms with Gasteiger partial charge in [-0.3, -0.25) is 4.79 Å². The average molecular weight is 468 g/mol. The lowest BCUT2D eigenvalue weighted by molar-refractivity contribution is -0.337. The molecule has 10 heteroatoms. The number of esters is 2. The van der Waals surface area contributed by atoms with Crippen LogP contribution in [0.2, 0.25) is 0 Å². The second-order valence-corrected chi connectivity index (χ2v) is 7.60. The Kier molecular flexibility index (Phi) is 11.4. The van der Waals surface area contributed by atoms with Gasteiger partial charge < -0.3 is 28.8 Å². The maximum absolute atomic E-state index is 12.7. The van der Waals surface area contributed by atoms with E-state index in [0.29, 0.717) is 6.42 Å². The summed E-state index contributed by atoms with van der Waals surface area (Å²) in [5.41, 5.74) is 0.275. The molecule has 1 saturated heterocycles. The molecule has 0 aromatic heterocycles. The molecular formula is C23H32O10. The lowest BCUT2D eigenvalue weighted by atomic mass is 9.98. The fourth-order valence-electron chi connectivity index (χ4n) is 3.24. The van der Waals surface area contributed by atoms with Gasteiger partial charge in [-0.2, -0.15) is 0 Å². The van der Waals surface area contributed by atoms with Crippen LogP contribution in [0.25, 0.3) is 0 Å². The van der Waals surface area contributed by atoms with Gasteiger partial charge in [-0.15, -0.1) is 0 Å². The zero-order chi connectivity index (χ0) is 24.2. The SMILES string of the molecule is CCCCO[C@@H]1C(OC(=O)c2ccccc2)[C@H](O)OC(COOC)[C@H]1OC(=O)CCC(C)=O. The topological polar surface area (TPSA) is 127 Å². The van der Waals surface area contributed by atoms with Crippen molar-refractivity contribution in [3.63, 3.8) is 0 Å². The molecule has 1 N–H and O–H groups in total. The van der Waals surface area contributed by atoms with E-state index < -0.39 is 42.6 Å². The molecule has 0 amide bonds. The summed E-state index contributed by atoms with van der Waals surface area (Å²) in [5.74, 6) is -1.51. The molecule has 0 saturated carbocycles. The quantitative estimate of drug-likeness (QED) is 0.199. The van der Waals surface area contributed by atoms with Crippen LogP contribution in [0.1, 0.15) is 49.9 Å². The highest BCUT2D eigenvalue weighted by atomic mass is 17.2. The van der Waals surface area contributed by atoms with Crippen molar-refractivity contribution in [3.05, 3.63) is 35.9 Å². The summed E-state index contributed by atoms with van der Waals surface area (Å²) in [6.45, 7) is 3.43. The number of carbonyl (C=O) groups excluding carboxylic acids is 3. The fraction of sp³-hybridized carbons (Fsp3) is 0.609. The summed E-state index contributed by atoms with van der Waals surface area (Å²) in [6, 6.07) is 8.25. The predicted octanol–water partition coefficient (Wildman–Crippen LogP) is 1.97. The number of hydrogen-bond acceptors (Lipinski definition) is 10. The summed E-state index contributed by atoms with van der Waals surface area (Å²) >= 11 is 0. The molecule has 0 bridgehead atoms. The molecule has 1 aromatic rings. The Morgan fingerprint density at radius 1 is 1.03 bits per heavy atom. The first-order valence-electron chi connectivity index (χ1n) is 10.9. The predicted molar refractivity (Wildman–Crippen MR) is 114 cm³/mol. The number of rotatable bonds is 13. The molecule has 1 aliphatic heterocycles. The molecule has 1 aromatic carbocycles. The Morgan fingerprint density at radius 3 is 2.39 bits per heavy atom. The van der Waals surface area contributed by atoms with Gasteiger partial charge in [0.2, 0.25) is 0 Å². The van der Waals surface area contributed by atoms with E-state index in [-0.39, 0.29) is 37.4 Å². The van der Waals surface area contributed by atoms with Crippen molar-refractivity contribution in [1.29, 1.82) is 0 Å². The molecule has 0 radical (unpaired) electrons. The number of aliphatic hydroxyl groups is 1. The van der Waals surface area contributed by atoms with Gasteiger partial charge in [0.25, 0.3) is 0 Å². The highest BCUT2D eigenvalue weighted by Crippen LogP contribution is 2.29. The lowest BCUT2D eigenvalue weighted by Crippen LogP contribution is -2.62. The summed E-state index contributed by atoms with van der Waals surface area (Å²) in [6.07, 6.45) is -4.55. The Balaban J connectivity index is 2.27. The second-order valence-electron chi connectivity index (χ2n) is 7.60. The van der Waals surface area contributed by atoms with Crippen LogP contribution >= 0.6 is 0 Å². The second kappa shape index (κ2) is 14.0. The molecule has 0 spiro atoms. The number of benzene rings is 1. The Hall–Kier alpha value is -2.37. The minimum Gasteiger partial charge on any atom is -0.457 e. The van der Waals surface area contributed by atoms with Crippen LogP contribution in [0, 0.1) is 0 Å². The first-order chi connectivity index (χ1) is 15.9. The van der Waals surface area contributed by atoms with Gasteiger partial charge in [0, 0.05) is 13.0 Å². The van der Waals surface area contributed by atoms with Crippen LogP contribution < -0.4 is 0 Å². The highest BCUT2D eigenvalue weighted by Gasteiger charge is 2.50. The first kappa shape index (κ1) is 26.9. The molecule has 5 atom stereocenters. The van der Waals surface area contributed by atoms with Crippen LogP contribution in [0.4, 0.5) is 0 Å². The van der Waals surface area contributed by atoms with Gasteiger partial charge in [-0.1, -0.05) is 31.5 Å². The van der Waals surface area contributed by atoms with Crippen LogP contribution in [-0.4, -0.2) is 73.9 Å². The highest BCUT2D eigenvalue weighted by molar-refractivity contribution is 5.89. The third-order valence-corrected chi connectivity index (χ3v) is 4.97. The lowest BCUT2D eigenvalue weighted by Gasteiger charge is -2.43. The first-order valence-corrected chi connectivity index (χ1v) is 10.9. The zero-order valence-electron chi connectivity index (χ0n) is 19.1. The molecule has 1 aliphatic rings. The van der Waals surface area contributed by atoms with Crippen LogP contribution in [0.5, 0.6) is 0 Å². The molecule has 184 valence electrons. The number of ether oxygens (including phenoxy) is 4. The van der Waals surface area contributed by atoms with Gasteiger partial charge in [0.1, 0.15) is 24.6 Å². The number of carbonyl (C=O) groups is 3. The molecule has 1 heterocycles. The molecule has 10 nitrogen and oxygen atoms in total. The minimum absolute atomic E-state index is 0.0159. The number of hydrogen-bond donors (Lipinski definition) is 1. The largest absolute Gasteiger partial charge is 0.457 e. The van der Waals surface area contributed by atoms with E-state index in [0.717, 1.165) is 6.42 Å². The zero-order valence-corrected chi connectivity index (χ0v) is 19.1. The van der Waals surface area contributed by atoms with Crippen molar-refractivity contribution >= 4 is 17.7 Å². The monoisotopic (exact) mass is 468 g/mol. The third kappa shape index (κ3) is 8.49. The minimum atomic E-state index is -1.57. The smallest absolute Gasteiger partial charge is 0.338 e. The van der Waals surface area contributed by atoms with Gasteiger partial charge in [-0.25, -0.2) is 14.6 Å². The molecular weight excluding hydrogens is 436 g/mol. The van der Waals surface area contributed by atoms with Crippen molar-refractivity contribution in [3.8, 4) is 0 Å². The van der Waals surface area contributed by atoms with Gasteiger partial charge in [0.15, 0.2) is 18.5 Å². The van der Waals surface area contributed by atoms with Crippen molar-refractivity contribution in [2.24, 2.45) is 0 Å². The van der Waals surface area contributed by atoms with E-state index in [4.69, 9.17) is 23.8 Å². The maximum Gasteiger partial charge on any atom is 0.338 e. The van der Waals surface area contributed by atoms with E-state index in [9.17, 15) is 19.5 Å². The van der Waals surface area contributed by atoms with Gasteiger partial charge in [-0.05, 0) is 25.5 Å². The Labute approximate surface area is 193 Å². The summed E-state index contributed by atoms with van der Waals surface area (Å²) in [7, 11) is 1.30. The summed E-state index contributed by atoms with van der Waals surface area (Å²) in [4.78, 5) is 45.9. The van der Waals surface area contributed by atoms with Crippen molar-refractivity contribution in [2.75, 3.05) is 20.3 Å². The average Bonchev–Trinajstić information content (AvgIpc) is 2.80. The standard InChI is InChI=1S/C23H32O10/c1-4-5-13-29-20-19(32-18(25)12-11-15(2)24)17(14-30-28-3)31-23(27)21(20)33-22(26)16-9-7-6-8-10-16/h6-10,17,19-21,23,27H,4-5,11-14H2,1-3H3/t17?,19-,20+,21?,23-/m1/s1. The van der Waals surface area contributed by atoms with Gasteiger partial charge >= 0.3 is 11.9 Å². The van der Waals surface area contributed by atoms with Crippen molar-refractivity contribution in [2.45, 2.75) is 70.2 Å². The maximum atomic E-state index is 12.7. The van der Waals surface area contributed by atoms with E-state index in [2.05, 4.69) is 4.89 Å². The number of ketones is 1. The molecule has 1 fully saturated rings. The molecule has 2 unspecified atom stereocenters. The molecule has 2 rings (SSSR count). The summed E-state index contributed by atoms with van der Waals surface area (Å²) < 4.78 is 22.6. The van der Waals surface area contributed by atoms with Crippen LogP contribution in [0.3, 0.4) is 0 Å². The van der Waals surface area contributed by atoms with Crippen LogP contribution in [-0.2, 0) is 38.3 Å². The normalized spacial score (nSPS) is 24.8. The molecule has 0 aliphatic carbocycles. The van der Waals surface area contributed by atoms with Crippen molar-refractivity contribution in [1.82, 2.24) is 0 Å².